The van der Waals surface area contributed by atoms with Gasteiger partial charge in [-0.3, -0.25) is 9.69 Å². The molecule has 3 rings (SSSR count). The van der Waals surface area contributed by atoms with E-state index in [-0.39, 0.29) is 29.9 Å². The predicted molar refractivity (Wildman–Crippen MR) is 108 cm³/mol. The fourth-order valence-electron chi connectivity index (χ4n) is 3.09. The Morgan fingerprint density at radius 3 is 2.44 bits per heavy atom. The lowest BCUT2D eigenvalue weighted by atomic mass is 10.1. The number of hydrogen-bond donors (Lipinski definition) is 0. The summed E-state index contributed by atoms with van der Waals surface area (Å²) in [6, 6.07) is 20.2. The van der Waals surface area contributed by atoms with Crippen LogP contribution in [0.15, 0.2) is 73.1 Å². The number of unbranched alkanes of at least 4 members (excludes halogenated alkanes) is 1. The van der Waals surface area contributed by atoms with E-state index in [0.29, 0.717) is 0 Å². The van der Waals surface area contributed by atoms with Crippen molar-refractivity contribution in [2.24, 2.45) is 0 Å². The van der Waals surface area contributed by atoms with E-state index < -0.39 is 0 Å². The molecular formula is C23H25IN2O. The molecule has 3 nitrogen and oxygen atoms in total. The fourth-order valence-corrected chi connectivity index (χ4v) is 3.09. The molecule has 3 aromatic rings. The molecule has 1 amide bonds. The van der Waals surface area contributed by atoms with E-state index in [1.165, 1.54) is 17.3 Å². The van der Waals surface area contributed by atoms with Gasteiger partial charge < -0.3 is 24.0 Å². The maximum absolute atomic E-state index is 12.1. The molecular weight excluding hydrogens is 447 g/mol. The third-order valence-corrected chi connectivity index (χ3v) is 4.49. The van der Waals surface area contributed by atoms with Crippen LogP contribution in [0.25, 0.3) is 17.0 Å². The van der Waals surface area contributed by atoms with Crippen molar-refractivity contribution in [2.45, 2.75) is 33.2 Å². The van der Waals surface area contributed by atoms with Crippen molar-refractivity contribution in [1.29, 1.82) is 0 Å². The number of carbonyl (C=O) groups is 1. The average molecular weight is 472 g/mol. The molecule has 2 aromatic carbocycles. The summed E-state index contributed by atoms with van der Waals surface area (Å²) < 4.78 is 2.30. The average Bonchev–Trinajstić information content (AvgIpc) is 2.67. The second kappa shape index (κ2) is 10.2. The number of amides is 1. The minimum atomic E-state index is -0.00861. The van der Waals surface area contributed by atoms with Crippen LogP contribution >= 0.6 is 0 Å². The first kappa shape index (κ1) is 21.1. The lowest BCUT2D eigenvalue weighted by molar-refractivity contribution is -0.671. The van der Waals surface area contributed by atoms with Crippen molar-refractivity contribution in [1.82, 2.24) is 0 Å². The standard InChI is InChI=1S/C23H25N2O.HI/c1-3-4-16-24-17-14-20(22-12-8-9-13-23(22)24)15-18-25(19(2)26)21-10-6-5-7-11-21;/h5-15,17-18H,3-4,16H2,1-2H3;1H/q+1;/p-1. The number of para-hydroxylation sites is 2. The number of nitrogens with zero attached hydrogens (tertiary/aromatic N) is 2. The highest BCUT2D eigenvalue weighted by Gasteiger charge is 2.12. The fraction of sp³-hybridized carbons (Fsp3) is 0.217. The number of halogens is 1. The first-order chi connectivity index (χ1) is 12.7. The summed E-state index contributed by atoms with van der Waals surface area (Å²) >= 11 is 0. The molecule has 0 fully saturated rings. The lowest BCUT2D eigenvalue weighted by Gasteiger charge is -2.16. The molecule has 0 saturated carbocycles. The van der Waals surface area contributed by atoms with Gasteiger partial charge in [-0.1, -0.05) is 43.7 Å². The molecule has 0 N–H and O–H groups in total. The third-order valence-electron chi connectivity index (χ3n) is 4.49. The Balaban J connectivity index is 0.00000261. The molecule has 1 aromatic heterocycles. The molecule has 0 radical (unpaired) electrons. The number of pyridine rings is 1. The SMILES string of the molecule is CCCC[n+]1ccc(C=CN(C(C)=O)c2ccccc2)c2ccccc21.[I-]. The van der Waals surface area contributed by atoms with Crippen molar-refractivity contribution in [3.8, 4) is 0 Å². The number of rotatable bonds is 6. The topological polar surface area (TPSA) is 24.2 Å². The van der Waals surface area contributed by atoms with Crippen LogP contribution in [-0.4, -0.2) is 5.91 Å². The van der Waals surface area contributed by atoms with Gasteiger partial charge in [0.2, 0.25) is 11.4 Å². The van der Waals surface area contributed by atoms with Gasteiger partial charge in [0.1, 0.15) is 6.54 Å². The normalized spacial score (nSPS) is 10.7. The van der Waals surface area contributed by atoms with E-state index in [9.17, 15) is 4.79 Å². The number of aryl methyl sites for hydroxylation is 1. The van der Waals surface area contributed by atoms with Gasteiger partial charge in [0.15, 0.2) is 6.20 Å². The molecule has 0 bridgehead atoms. The number of benzene rings is 2. The Hall–Kier alpha value is -2.21. The van der Waals surface area contributed by atoms with Crippen molar-refractivity contribution >= 4 is 28.6 Å². The van der Waals surface area contributed by atoms with Gasteiger partial charge in [0, 0.05) is 37.4 Å². The summed E-state index contributed by atoms with van der Waals surface area (Å²) in [6.07, 6.45) is 8.35. The highest BCUT2D eigenvalue weighted by atomic mass is 127. The van der Waals surface area contributed by atoms with E-state index in [1.807, 2.05) is 42.6 Å². The number of hydrogen-bond acceptors (Lipinski definition) is 1. The molecule has 27 heavy (non-hydrogen) atoms. The van der Waals surface area contributed by atoms with Crippen LogP contribution in [0.2, 0.25) is 0 Å². The van der Waals surface area contributed by atoms with Gasteiger partial charge in [-0.05, 0) is 29.8 Å². The molecule has 0 aliphatic carbocycles. The Labute approximate surface area is 178 Å². The first-order valence-corrected chi connectivity index (χ1v) is 9.15. The second-order valence-corrected chi connectivity index (χ2v) is 6.38. The lowest BCUT2D eigenvalue weighted by Crippen LogP contribution is -3.00. The molecule has 0 saturated heterocycles. The predicted octanol–water partition coefficient (Wildman–Crippen LogP) is 1.96. The monoisotopic (exact) mass is 472 g/mol. The van der Waals surface area contributed by atoms with Crippen LogP contribution in [0, 0.1) is 0 Å². The molecule has 1 heterocycles. The minimum absolute atomic E-state index is 0. The van der Waals surface area contributed by atoms with E-state index >= 15 is 0 Å². The maximum Gasteiger partial charge on any atom is 0.227 e. The van der Waals surface area contributed by atoms with Crippen LogP contribution in [-0.2, 0) is 11.3 Å². The molecule has 4 heteroatoms. The summed E-state index contributed by atoms with van der Waals surface area (Å²) in [5.74, 6) is -0.00861. The van der Waals surface area contributed by atoms with Gasteiger partial charge in [-0.15, -0.1) is 0 Å². The third kappa shape index (κ3) is 5.16. The number of carbonyl (C=O) groups excluding carboxylic acids is 1. The molecule has 140 valence electrons. The molecule has 0 aliphatic rings. The largest absolute Gasteiger partial charge is 1.00 e. The summed E-state index contributed by atoms with van der Waals surface area (Å²) in [5, 5.41) is 1.19. The highest BCUT2D eigenvalue weighted by molar-refractivity contribution is 5.95. The van der Waals surface area contributed by atoms with Crippen LogP contribution in [0.4, 0.5) is 5.69 Å². The molecule has 0 aliphatic heterocycles. The maximum atomic E-state index is 12.1. The van der Waals surface area contributed by atoms with Gasteiger partial charge in [-0.25, -0.2) is 0 Å². The first-order valence-electron chi connectivity index (χ1n) is 9.15. The summed E-state index contributed by atoms with van der Waals surface area (Å²) in [5.41, 5.74) is 3.20. The smallest absolute Gasteiger partial charge is 0.227 e. The van der Waals surface area contributed by atoms with E-state index in [1.54, 1.807) is 11.8 Å². The zero-order chi connectivity index (χ0) is 18.4. The summed E-state index contributed by atoms with van der Waals surface area (Å²) in [7, 11) is 0. The van der Waals surface area contributed by atoms with Gasteiger partial charge in [0.25, 0.3) is 0 Å². The summed E-state index contributed by atoms with van der Waals surface area (Å²) in [4.78, 5) is 13.7. The molecule has 0 spiro atoms. The highest BCUT2D eigenvalue weighted by Crippen LogP contribution is 2.19. The van der Waals surface area contributed by atoms with Crippen molar-refractivity contribution in [3.05, 3.63) is 78.6 Å². The number of fused-ring (bicyclic) bond motifs is 1. The van der Waals surface area contributed by atoms with Crippen molar-refractivity contribution < 1.29 is 33.3 Å². The zero-order valence-corrected chi connectivity index (χ0v) is 18.0. The van der Waals surface area contributed by atoms with Crippen molar-refractivity contribution in [2.75, 3.05) is 4.90 Å². The van der Waals surface area contributed by atoms with E-state index in [2.05, 4.69) is 48.0 Å². The molecule has 0 atom stereocenters. The molecule has 0 unspecified atom stereocenters. The Kier molecular flexibility index (Phi) is 7.98. The minimum Gasteiger partial charge on any atom is -1.00 e. The van der Waals surface area contributed by atoms with Crippen LogP contribution in [0.1, 0.15) is 32.3 Å². The Bertz CT molecular complexity index is 922. The van der Waals surface area contributed by atoms with Gasteiger partial charge in [-0.2, -0.15) is 4.57 Å². The van der Waals surface area contributed by atoms with Gasteiger partial charge >= 0.3 is 0 Å². The quantitative estimate of drug-likeness (QED) is 0.398. The number of anilines is 1. The Morgan fingerprint density at radius 2 is 1.74 bits per heavy atom. The van der Waals surface area contributed by atoms with Crippen molar-refractivity contribution in [3.63, 3.8) is 0 Å². The van der Waals surface area contributed by atoms with Crippen LogP contribution < -0.4 is 33.4 Å². The zero-order valence-electron chi connectivity index (χ0n) is 15.8. The van der Waals surface area contributed by atoms with Crippen LogP contribution in [0.5, 0.6) is 0 Å². The summed E-state index contributed by atoms with van der Waals surface area (Å²) in [6.45, 7) is 4.81. The number of aromatic nitrogens is 1. The van der Waals surface area contributed by atoms with Gasteiger partial charge in [0.05, 0.1) is 5.39 Å². The Morgan fingerprint density at radius 1 is 1.04 bits per heavy atom. The van der Waals surface area contributed by atoms with E-state index in [0.717, 1.165) is 24.2 Å². The van der Waals surface area contributed by atoms with E-state index in [4.69, 9.17) is 0 Å². The van der Waals surface area contributed by atoms with Crippen LogP contribution in [0.3, 0.4) is 0 Å². The second-order valence-electron chi connectivity index (χ2n) is 6.38.